The molecule has 0 bridgehead atoms. The van der Waals surface area contributed by atoms with Crippen LogP contribution in [0.15, 0.2) is 42.2 Å². The van der Waals surface area contributed by atoms with Crippen LogP contribution in [0, 0.1) is 0 Å². The smallest absolute Gasteiger partial charge is 0.282 e. The van der Waals surface area contributed by atoms with Crippen LogP contribution < -0.4 is 14.4 Å². The van der Waals surface area contributed by atoms with Gasteiger partial charge < -0.3 is 9.80 Å². The van der Waals surface area contributed by atoms with Crippen LogP contribution in [0.5, 0.6) is 0 Å². The lowest BCUT2D eigenvalue weighted by atomic mass is 10.2. The number of halogens is 4. The molecule has 7 nitrogen and oxygen atoms in total. The Morgan fingerprint density at radius 3 is 1.92 bits per heavy atom. The number of nitrogens with zero attached hydrogens (tertiary/aromatic N) is 4. The Morgan fingerprint density at radius 2 is 1.41 bits per heavy atom. The number of benzene rings is 2. The fraction of sp³-hybridized carbons (Fsp3) is 0.320. The average molecular weight is 605 g/mol. The average Bonchev–Trinajstić information content (AvgIpc) is 3.28. The van der Waals surface area contributed by atoms with Crippen molar-refractivity contribution in [3.05, 3.63) is 68.2 Å². The third kappa shape index (κ3) is 5.46. The number of allylic oxidation sites excluding steroid dienone is 2. The number of anilines is 2. The van der Waals surface area contributed by atoms with Gasteiger partial charge in [0.2, 0.25) is 0 Å². The van der Waals surface area contributed by atoms with Crippen molar-refractivity contribution in [3.8, 4) is 0 Å². The van der Waals surface area contributed by atoms with Crippen LogP contribution in [0.4, 0.5) is 11.4 Å². The molecule has 1 N–H and O–H groups in total. The van der Waals surface area contributed by atoms with Gasteiger partial charge in [0.25, 0.3) is 15.9 Å². The summed E-state index contributed by atoms with van der Waals surface area (Å²) in [6.45, 7) is 8.21. The first-order chi connectivity index (χ1) is 17.5. The fourth-order valence-electron chi connectivity index (χ4n) is 4.72. The Morgan fingerprint density at radius 1 is 0.865 bits per heavy atom. The topological polar surface area (TPSA) is 69.7 Å². The molecule has 2 aromatic carbocycles. The zero-order valence-corrected chi connectivity index (χ0v) is 24.4. The van der Waals surface area contributed by atoms with Crippen molar-refractivity contribution >= 4 is 85.0 Å². The maximum Gasteiger partial charge on any atom is 0.282 e. The highest BCUT2D eigenvalue weighted by molar-refractivity contribution is 7.85. The lowest BCUT2D eigenvalue weighted by molar-refractivity contribution is -0.669. The highest BCUT2D eigenvalue weighted by atomic mass is 35.5. The summed E-state index contributed by atoms with van der Waals surface area (Å²) in [6.07, 6.45) is 5.83. The Balaban J connectivity index is 1.83. The number of imidazole rings is 1. The molecule has 37 heavy (non-hydrogen) atoms. The van der Waals surface area contributed by atoms with E-state index in [9.17, 15) is 13.0 Å². The Hall–Kier alpha value is -1.94. The van der Waals surface area contributed by atoms with Crippen LogP contribution in [0.3, 0.4) is 0 Å². The van der Waals surface area contributed by atoms with Gasteiger partial charge in [-0.05, 0) is 39.0 Å². The molecular formula is C25H27Cl4N4O3S+. The monoisotopic (exact) mass is 603 g/mol. The second-order valence-electron chi connectivity index (χ2n) is 8.42. The lowest BCUT2D eigenvalue weighted by Gasteiger charge is -2.23. The molecule has 3 aromatic rings. The summed E-state index contributed by atoms with van der Waals surface area (Å²) in [5.41, 5.74) is 3.49. The minimum Gasteiger partial charge on any atom is -0.326 e. The first-order valence-corrected chi connectivity index (χ1v) is 14.9. The Kier molecular flexibility index (Phi) is 8.38. The first kappa shape index (κ1) is 28.1. The first-order valence-electron chi connectivity index (χ1n) is 11.8. The van der Waals surface area contributed by atoms with Gasteiger partial charge in [0, 0.05) is 31.3 Å². The zero-order chi connectivity index (χ0) is 27.1. The molecule has 12 heteroatoms. The number of aromatic nitrogens is 2. The van der Waals surface area contributed by atoms with Crippen LogP contribution in [-0.4, -0.2) is 36.4 Å². The molecule has 198 valence electrons. The fourth-order valence-corrected chi connectivity index (χ4v) is 5.77. The standard InChI is InChI=1S/C25H26Cl4N4O3S/c1-4-30-20-12-16(26)17(27)13-21(20)31(5-2)24(30)8-7-9-25-32(6-3)22-14-18(28)19(29)15-23(22)33(25)10-11-37(34,35)36/h7-9,12-15H,4-6,10-11H2,1-3H3/p+1. The second-order valence-corrected chi connectivity index (χ2v) is 11.6. The molecule has 1 aromatic heterocycles. The minimum absolute atomic E-state index is 0.0428. The summed E-state index contributed by atoms with van der Waals surface area (Å²) < 4.78 is 36.4. The van der Waals surface area contributed by atoms with Gasteiger partial charge in [0.1, 0.15) is 18.1 Å². The van der Waals surface area contributed by atoms with E-state index in [1.54, 1.807) is 12.1 Å². The summed E-state index contributed by atoms with van der Waals surface area (Å²) in [7, 11) is -4.18. The molecule has 4 rings (SSSR count). The van der Waals surface area contributed by atoms with Crippen molar-refractivity contribution in [1.82, 2.24) is 4.57 Å². The van der Waals surface area contributed by atoms with Crippen molar-refractivity contribution in [2.75, 3.05) is 28.6 Å². The molecule has 0 fully saturated rings. The van der Waals surface area contributed by atoms with E-state index < -0.39 is 15.9 Å². The van der Waals surface area contributed by atoms with Gasteiger partial charge in [-0.3, -0.25) is 4.55 Å². The summed E-state index contributed by atoms with van der Waals surface area (Å²) in [5, 5.41) is 1.76. The number of rotatable bonds is 8. The van der Waals surface area contributed by atoms with E-state index in [1.807, 2.05) is 46.4 Å². The van der Waals surface area contributed by atoms with Crippen LogP contribution in [0.25, 0.3) is 17.1 Å². The number of hydrogen-bond acceptors (Lipinski definition) is 4. The molecule has 0 atom stereocenters. The van der Waals surface area contributed by atoms with Gasteiger partial charge in [-0.25, -0.2) is 9.13 Å². The largest absolute Gasteiger partial charge is 0.326 e. The van der Waals surface area contributed by atoms with E-state index in [0.717, 1.165) is 47.1 Å². The van der Waals surface area contributed by atoms with Crippen LogP contribution >= 0.6 is 46.4 Å². The van der Waals surface area contributed by atoms with Gasteiger partial charge in [-0.15, -0.1) is 0 Å². The molecule has 1 aliphatic rings. The predicted molar refractivity (Wildman–Crippen MR) is 154 cm³/mol. The van der Waals surface area contributed by atoms with Gasteiger partial charge in [0.15, 0.2) is 11.0 Å². The number of fused-ring (bicyclic) bond motifs is 2. The third-order valence-corrected chi connectivity index (χ3v) is 8.46. The second kappa shape index (κ2) is 11.0. The van der Waals surface area contributed by atoms with E-state index in [-0.39, 0.29) is 6.54 Å². The normalized spacial score (nSPS) is 13.9. The van der Waals surface area contributed by atoms with Crippen molar-refractivity contribution in [1.29, 1.82) is 0 Å². The molecule has 0 amide bonds. The number of aryl methyl sites for hydroxylation is 2. The summed E-state index contributed by atoms with van der Waals surface area (Å²) in [6, 6.07) is 7.23. The number of hydrogen-bond donors (Lipinski definition) is 1. The maximum atomic E-state index is 11.6. The molecule has 2 heterocycles. The van der Waals surface area contributed by atoms with Gasteiger partial charge in [-0.2, -0.15) is 8.42 Å². The summed E-state index contributed by atoms with van der Waals surface area (Å²) in [4.78, 5) is 4.32. The van der Waals surface area contributed by atoms with Crippen LogP contribution in [0.2, 0.25) is 20.1 Å². The molecule has 0 saturated heterocycles. The molecular weight excluding hydrogens is 578 g/mol. The van der Waals surface area contributed by atoms with Gasteiger partial charge in [0.05, 0.1) is 38.0 Å². The molecule has 0 aliphatic carbocycles. The van der Waals surface area contributed by atoms with Crippen molar-refractivity contribution in [3.63, 3.8) is 0 Å². The third-order valence-electron chi connectivity index (χ3n) is 6.32. The quantitative estimate of drug-likeness (QED) is 0.230. The van der Waals surface area contributed by atoms with Crippen molar-refractivity contribution in [2.45, 2.75) is 33.9 Å². The molecule has 1 aliphatic heterocycles. The highest BCUT2D eigenvalue weighted by Gasteiger charge is 2.30. The molecule has 0 unspecified atom stereocenters. The van der Waals surface area contributed by atoms with E-state index >= 15 is 0 Å². The SMILES string of the molecule is CCN1C(=C/C=C/c2n(CC)c3cc(Cl)c(Cl)cc3[n+]2CCS(=O)(=O)O)N(CC)c2cc(Cl)c(Cl)cc21. The Labute approximate surface area is 236 Å². The van der Waals surface area contributed by atoms with Gasteiger partial charge >= 0.3 is 0 Å². The van der Waals surface area contributed by atoms with Crippen molar-refractivity contribution < 1.29 is 17.5 Å². The maximum absolute atomic E-state index is 11.6. The van der Waals surface area contributed by atoms with Crippen LogP contribution in [0.1, 0.15) is 26.6 Å². The zero-order valence-electron chi connectivity index (χ0n) is 20.5. The highest BCUT2D eigenvalue weighted by Crippen LogP contribution is 2.45. The Bertz CT molecular complexity index is 1490. The molecule has 0 radical (unpaired) electrons. The van der Waals surface area contributed by atoms with E-state index in [1.165, 1.54) is 0 Å². The van der Waals surface area contributed by atoms with E-state index in [2.05, 4.69) is 23.6 Å². The van der Waals surface area contributed by atoms with E-state index in [4.69, 9.17) is 46.4 Å². The van der Waals surface area contributed by atoms with Crippen molar-refractivity contribution in [2.24, 2.45) is 0 Å². The summed E-state index contributed by atoms with van der Waals surface area (Å²) >= 11 is 25.2. The summed E-state index contributed by atoms with van der Waals surface area (Å²) in [5.74, 6) is 1.26. The van der Waals surface area contributed by atoms with Gasteiger partial charge in [-0.1, -0.05) is 52.5 Å². The molecule has 0 spiro atoms. The lowest BCUT2D eigenvalue weighted by Crippen LogP contribution is -2.39. The van der Waals surface area contributed by atoms with Crippen LogP contribution in [-0.2, 0) is 23.2 Å². The van der Waals surface area contributed by atoms with E-state index in [0.29, 0.717) is 26.6 Å². The molecule has 0 saturated carbocycles. The minimum atomic E-state index is -4.18. The predicted octanol–water partition coefficient (Wildman–Crippen LogP) is 6.67.